The fraction of sp³-hybridized carbons (Fsp3) is 0.529. The van der Waals surface area contributed by atoms with Crippen molar-refractivity contribution in [1.29, 1.82) is 0 Å². The largest absolute Gasteiger partial charge is 0.480 e. The zero-order chi connectivity index (χ0) is 15.5. The Bertz CT molecular complexity index is 523. The summed E-state index contributed by atoms with van der Waals surface area (Å²) >= 11 is 0. The molecular weight excluding hydrogens is 266 g/mol. The topological polar surface area (TPSA) is 57.6 Å². The highest BCUT2D eigenvalue weighted by molar-refractivity contribution is 5.87. The zero-order valence-corrected chi connectivity index (χ0v) is 12.8. The number of aryl methyl sites for hydroxylation is 2. The molecule has 1 aliphatic heterocycles. The van der Waals surface area contributed by atoms with Crippen molar-refractivity contribution >= 4 is 11.9 Å². The predicted molar refractivity (Wildman–Crippen MR) is 81.1 cm³/mol. The molecule has 114 valence electrons. The molecule has 0 spiro atoms. The first-order valence-electron chi connectivity index (χ1n) is 7.53. The number of carbonyl (C=O) groups is 2. The number of hydrogen-bond acceptors (Lipinski definition) is 2. The Morgan fingerprint density at radius 2 is 1.95 bits per heavy atom. The number of benzene rings is 1. The number of nitrogens with zero attached hydrogens (tertiary/aromatic N) is 1. The normalized spacial score (nSPS) is 21.5. The lowest BCUT2D eigenvalue weighted by atomic mass is 9.98. The molecule has 0 radical (unpaired) electrons. The van der Waals surface area contributed by atoms with Crippen molar-refractivity contribution in [3.05, 3.63) is 35.4 Å². The molecule has 1 amide bonds. The minimum Gasteiger partial charge on any atom is -0.480 e. The molecule has 1 heterocycles. The van der Waals surface area contributed by atoms with Crippen LogP contribution < -0.4 is 0 Å². The smallest absolute Gasteiger partial charge is 0.329 e. The Balaban J connectivity index is 1.87. The number of aliphatic carboxylic acids is 1. The van der Waals surface area contributed by atoms with Crippen LogP contribution >= 0.6 is 0 Å². The third-order valence-electron chi connectivity index (χ3n) is 4.38. The van der Waals surface area contributed by atoms with Crippen LogP contribution in [0.1, 0.15) is 43.7 Å². The van der Waals surface area contributed by atoms with Gasteiger partial charge < -0.3 is 10.0 Å². The van der Waals surface area contributed by atoms with Gasteiger partial charge in [0.1, 0.15) is 5.54 Å². The Hall–Kier alpha value is -1.84. The number of hydrogen-bond donors (Lipinski definition) is 1. The van der Waals surface area contributed by atoms with Crippen molar-refractivity contribution in [3.8, 4) is 0 Å². The van der Waals surface area contributed by atoms with Gasteiger partial charge in [-0.2, -0.15) is 0 Å². The summed E-state index contributed by atoms with van der Waals surface area (Å²) in [6.07, 6.45) is 3.34. The van der Waals surface area contributed by atoms with Gasteiger partial charge in [0.05, 0.1) is 0 Å². The highest BCUT2D eigenvalue weighted by atomic mass is 16.4. The number of rotatable bonds is 5. The van der Waals surface area contributed by atoms with Crippen molar-refractivity contribution in [1.82, 2.24) is 4.90 Å². The molecule has 1 N–H and O–H groups in total. The molecule has 1 aliphatic rings. The van der Waals surface area contributed by atoms with E-state index in [9.17, 15) is 14.7 Å². The van der Waals surface area contributed by atoms with Gasteiger partial charge in [0.2, 0.25) is 5.91 Å². The first-order chi connectivity index (χ1) is 9.93. The molecule has 4 heteroatoms. The van der Waals surface area contributed by atoms with E-state index in [-0.39, 0.29) is 5.91 Å². The molecule has 1 atom stereocenters. The average molecular weight is 289 g/mol. The van der Waals surface area contributed by atoms with Gasteiger partial charge >= 0.3 is 5.97 Å². The van der Waals surface area contributed by atoms with Gasteiger partial charge in [-0.05, 0) is 45.1 Å². The second-order valence-corrected chi connectivity index (χ2v) is 6.07. The molecule has 0 aliphatic carbocycles. The van der Waals surface area contributed by atoms with Crippen LogP contribution in [0.15, 0.2) is 24.3 Å². The molecule has 1 aromatic carbocycles. The summed E-state index contributed by atoms with van der Waals surface area (Å²) in [5.74, 6) is -0.934. The van der Waals surface area contributed by atoms with E-state index in [1.54, 1.807) is 11.8 Å². The van der Waals surface area contributed by atoms with E-state index < -0.39 is 11.5 Å². The van der Waals surface area contributed by atoms with E-state index in [1.807, 2.05) is 6.92 Å². The molecule has 1 saturated heterocycles. The van der Waals surface area contributed by atoms with Crippen LogP contribution in [0.25, 0.3) is 0 Å². The maximum absolute atomic E-state index is 12.3. The summed E-state index contributed by atoms with van der Waals surface area (Å²) in [6.45, 7) is 4.26. The summed E-state index contributed by atoms with van der Waals surface area (Å²) in [4.78, 5) is 25.2. The second kappa shape index (κ2) is 6.29. The third kappa shape index (κ3) is 3.43. The van der Waals surface area contributed by atoms with Crippen LogP contribution in [-0.2, 0) is 16.0 Å². The van der Waals surface area contributed by atoms with Crippen LogP contribution in [0.4, 0.5) is 0 Å². The average Bonchev–Trinajstić information content (AvgIpc) is 2.84. The van der Waals surface area contributed by atoms with Gasteiger partial charge in [0, 0.05) is 13.0 Å². The quantitative estimate of drug-likeness (QED) is 0.906. The van der Waals surface area contributed by atoms with Crippen molar-refractivity contribution in [2.75, 3.05) is 6.54 Å². The standard InChI is InChI=1S/C17H23NO3/c1-13-7-9-14(10-8-13)5-3-6-15(19)18-12-4-11-17(18,2)16(20)21/h7-10H,3-6,11-12H2,1-2H3,(H,20,21). The number of carboxylic acids is 1. The van der Waals surface area contributed by atoms with E-state index in [0.717, 1.165) is 19.3 Å². The van der Waals surface area contributed by atoms with Crippen molar-refractivity contribution in [2.45, 2.75) is 51.5 Å². The molecule has 1 unspecified atom stereocenters. The van der Waals surface area contributed by atoms with Crippen molar-refractivity contribution in [3.63, 3.8) is 0 Å². The van der Waals surface area contributed by atoms with E-state index >= 15 is 0 Å². The van der Waals surface area contributed by atoms with Crippen molar-refractivity contribution in [2.24, 2.45) is 0 Å². The van der Waals surface area contributed by atoms with Gasteiger partial charge in [-0.1, -0.05) is 29.8 Å². The highest BCUT2D eigenvalue weighted by Gasteiger charge is 2.45. The third-order valence-corrected chi connectivity index (χ3v) is 4.38. The number of carboxylic acid groups (broad SMARTS) is 1. The van der Waals surface area contributed by atoms with Gasteiger partial charge in [0.15, 0.2) is 0 Å². The first kappa shape index (κ1) is 15.5. The summed E-state index contributed by atoms with van der Waals surface area (Å²) in [7, 11) is 0. The van der Waals surface area contributed by atoms with E-state index in [1.165, 1.54) is 11.1 Å². The van der Waals surface area contributed by atoms with E-state index in [2.05, 4.69) is 24.3 Å². The fourth-order valence-electron chi connectivity index (χ4n) is 2.92. The molecule has 0 aromatic heterocycles. The lowest BCUT2D eigenvalue weighted by molar-refractivity contribution is -0.155. The minimum atomic E-state index is -1.01. The summed E-state index contributed by atoms with van der Waals surface area (Å²) in [5, 5.41) is 9.33. The van der Waals surface area contributed by atoms with Crippen LogP contribution in [0.3, 0.4) is 0 Å². The molecule has 2 rings (SSSR count). The molecule has 1 aromatic rings. The number of carbonyl (C=O) groups excluding carboxylic acids is 1. The predicted octanol–water partition coefficient (Wildman–Crippen LogP) is 2.78. The number of likely N-dealkylation sites (tertiary alicyclic amines) is 1. The van der Waals surface area contributed by atoms with Gasteiger partial charge in [-0.3, -0.25) is 4.79 Å². The lowest BCUT2D eigenvalue weighted by Gasteiger charge is -2.31. The minimum absolute atomic E-state index is 0.0375. The van der Waals surface area contributed by atoms with Crippen LogP contribution in [0, 0.1) is 6.92 Å². The summed E-state index contributed by atoms with van der Waals surface area (Å²) < 4.78 is 0. The van der Waals surface area contributed by atoms with Crippen LogP contribution in [0.5, 0.6) is 0 Å². The second-order valence-electron chi connectivity index (χ2n) is 6.07. The number of amides is 1. The fourth-order valence-corrected chi connectivity index (χ4v) is 2.92. The maximum Gasteiger partial charge on any atom is 0.329 e. The Labute approximate surface area is 125 Å². The molecule has 0 bridgehead atoms. The molecule has 4 nitrogen and oxygen atoms in total. The highest BCUT2D eigenvalue weighted by Crippen LogP contribution is 2.30. The monoisotopic (exact) mass is 289 g/mol. The summed E-state index contributed by atoms with van der Waals surface area (Å²) in [5.41, 5.74) is 1.43. The molecule has 0 saturated carbocycles. The molecule has 1 fully saturated rings. The molecule has 21 heavy (non-hydrogen) atoms. The van der Waals surface area contributed by atoms with Gasteiger partial charge in [-0.25, -0.2) is 4.79 Å². The maximum atomic E-state index is 12.3. The molecular formula is C17H23NO3. The van der Waals surface area contributed by atoms with Crippen LogP contribution in [-0.4, -0.2) is 34.0 Å². The Kier molecular flexibility index (Phi) is 4.66. The van der Waals surface area contributed by atoms with Crippen LogP contribution in [0.2, 0.25) is 0 Å². The Morgan fingerprint density at radius 3 is 2.57 bits per heavy atom. The zero-order valence-electron chi connectivity index (χ0n) is 12.8. The summed E-state index contributed by atoms with van der Waals surface area (Å²) in [6, 6.07) is 8.30. The van der Waals surface area contributed by atoms with E-state index in [4.69, 9.17) is 0 Å². The van der Waals surface area contributed by atoms with E-state index in [0.29, 0.717) is 19.4 Å². The van der Waals surface area contributed by atoms with Crippen molar-refractivity contribution < 1.29 is 14.7 Å². The van der Waals surface area contributed by atoms with Gasteiger partial charge in [-0.15, -0.1) is 0 Å². The SMILES string of the molecule is Cc1ccc(CCCC(=O)N2CCCC2(C)C(=O)O)cc1. The lowest BCUT2D eigenvalue weighted by Crippen LogP contribution is -2.50. The first-order valence-corrected chi connectivity index (χ1v) is 7.53. The van der Waals surface area contributed by atoms with Gasteiger partial charge in [0.25, 0.3) is 0 Å². The Morgan fingerprint density at radius 1 is 1.29 bits per heavy atom.